The predicted octanol–water partition coefficient (Wildman–Crippen LogP) is 3.28. The standard InChI is InChI=1S/C18H23N3/c1-12-20-10-5-4-8-16(20)18-17-14(9-11-21(12)18)13-6-2-3-7-15(13)19-17/h2-3,6-7,12,16,18-19H,4-5,8-11H2,1H3/t12?,16-,18?/m1/s1. The minimum atomic E-state index is 0.594. The van der Waals surface area contributed by atoms with Crippen molar-refractivity contribution in [2.45, 2.75) is 50.9 Å². The molecule has 1 aromatic carbocycles. The highest BCUT2D eigenvalue weighted by Crippen LogP contribution is 2.46. The minimum Gasteiger partial charge on any atom is -0.357 e. The molecule has 2 aromatic rings. The molecule has 2 saturated heterocycles. The zero-order valence-corrected chi connectivity index (χ0v) is 12.7. The predicted molar refractivity (Wildman–Crippen MR) is 85.3 cm³/mol. The van der Waals surface area contributed by atoms with E-state index in [0.717, 1.165) is 6.04 Å². The lowest BCUT2D eigenvalue weighted by Gasteiger charge is -2.34. The number of hydrogen-bond donors (Lipinski definition) is 1. The zero-order chi connectivity index (χ0) is 14.0. The zero-order valence-electron chi connectivity index (χ0n) is 12.7. The maximum Gasteiger partial charge on any atom is 0.0672 e. The van der Waals surface area contributed by atoms with Crippen molar-refractivity contribution in [2.75, 3.05) is 13.1 Å². The first kappa shape index (κ1) is 12.2. The molecule has 3 heteroatoms. The fourth-order valence-electron chi connectivity index (χ4n) is 5.09. The first-order valence-electron chi connectivity index (χ1n) is 8.45. The van der Waals surface area contributed by atoms with E-state index in [-0.39, 0.29) is 0 Å². The van der Waals surface area contributed by atoms with Gasteiger partial charge in [0.05, 0.1) is 12.2 Å². The molecule has 2 fully saturated rings. The van der Waals surface area contributed by atoms with E-state index in [1.807, 2.05) is 0 Å². The molecule has 0 saturated carbocycles. The van der Waals surface area contributed by atoms with E-state index < -0.39 is 0 Å². The Balaban J connectivity index is 1.67. The van der Waals surface area contributed by atoms with Crippen LogP contribution in [0.1, 0.15) is 43.5 Å². The molecule has 110 valence electrons. The van der Waals surface area contributed by atoms with Crippen LogP contribution in [0.2, 0.25) is 0 Å². The summed E-state index contributed by atoms with van der Waals surface area (Å²) in [6.45, 7) is 4.91. The molecule has 1 aromatic heterocycles. The molecule has 0 radical (unpaired) electrons. The van der Waals surface area contributed by atoms with Crippen LogP contribution >= 0.6 is 0 Å². The molecular weight excluding hydrogens is 258 g/mol. The number of nitrogens with zero attached hydrogens (tertiary/aromatic N) is 2. The van der Waals surface area contributed by atoms with Crippen molar-refractivity contribution in [3.8, 4) is 0 Å². The highest BCUT2D eigenvalue weighted by Gasteiger charge is 2.49. The number of piperidine rings is 1. The lowest BCUT2D eigenvalue weighted by molar-refractivity contribution is 0.112. The largest absolute Gasteiger partial charge is 0.357 e. The summed E-state index contributed by atoms with van der Waals surface area (Å²) in [7, 11) is 0. The number of rotatable bonds is 0. The quantitative estimate of drug-likeness (QED) is 0.800. The Morgan fingerprint density at radius 3 is 2.95 bits per heavy atom. The van der Waals surface area contributed by atoms with Crippen molar-refractivity contribution in [1.29, 1.82) is 0 Å². The fraction of sp³-hybridized carbons (Fsp3) is 0.556. The molecule has 5 rings (SSSR count). The summed E-state index contributed by atoms with van der Waals surface area (Å²) in [5.74, 6) is 0. The molecule has 0 spiro atoms. The summed E-state index contributed by atoms with van der Waals surface area (Å²) < 4.78 is 0. The number of benzene rings is 1. The van der Waals surface area contributed by atoms with Crippen molar-refractivity contribution < 1.29 is 0 Å². The smallest absolute Gasteiger partial charge is 0.0672 e. The fourth-order valence-corrected chi connectivity index (χ4v) is 5.09. The van der Waals surface area contributed by atoms with Gasteiger partial charge in [-0.25, -0.2) is 0 Å². The first-order chi connectivity index (χ1) is 10.3. The Morgan fingerprint density at radius 1 is 1.10 bits per heavy atom. The normalized spacial score (nSPS) is 32.9. The third kappa shape index (κ3) is 1.56. The van der Waals surface area contributed by atoms with E-state index in [2.05, 4.69) is 46.0 Å². The van der Waals surface area contributed by atoms with Gasteiger partial charge in [-0.3, -0.25) is 9.80 Å². The van der Waals surface area contributed by atoms with Crippen molar-refractivity contribution in [3.63, 3.8) is 0 Å². The van der Waals surface area contributed by atoms with Gasteiger partial charge >= 0.3 is 0 Å². The summed E-state index contributed by atoms with van der Waals surface area (Å²) in [5, 5.41) is 1.45. The number of nitrogens with one attached hydrogen (secondary N) is 1. The lowest BCUT2D eigenvalue weighted by atomic mass is 9.90. The maximum absolute atomic E-state index is 3.77. The summed E-state index contributed by atoms with van der Waals surface area (Å²) in [5.41, 5.74) is 4.43. The summed E-state index contributed by atoms with van der Waals surface area (Å²) in [4.78, 5) is 9.28. The number of aromatic nitrogens is 1. The van der Waals surface area contributed by atoms with Gasteiger partial charge in [0.1, 0.15) is 0 Å². The Hall–Kier alpha value is -1.32. The monoisotopic (exact) mass is 281 g/mol. The number of hydrogen-bond acceptors (Lipinski definition) is 2. The Kier molecular flexibility index (Phi) is 2.53. The van der Waals surface area contributed by atoms with Crippen LogP contribution in [-0.2, 0) is 6.42 Å². The van der Waals surface area contributed by atoms with Crippen LogP contribution < -0.4 is 0 Å². The molecule has 0 aliphatic carbocycles. The van der Waals surface area contributed by atoms with Crippen LogP contribution in [0.4, 0.5) is 0 Å². The summed E-state index contributed by atoms with van der Waals surface area (Å²) >= 11 is 0. The second-order valence-corrected chi connectivity index (χ2v) is 6.93. The molecule has 1 N–H and O–H groups in total. The highest BCUT2D eigenvalue weighted by atomic mass is 15.5. The van der Waals surface area contributed by atoms with Crippen molar-refractivity contribution >= 4 is 10.9 Å². The Bertz CT molecular complexity index is 689. The van der Waals surface area contributed by atoms with Gasteiger partial charge in [0.15, 0.2) is 0 Å². The SMILES string of the molecule is CC1N2CCc3c([nH]c4ccccc34)C2[C@H]2CCCCN12. The number of para-hydroxylation sites is 1. The van der Waals surface area contributed by atoms with Crippen LogP contribution in [0.15, 0.2) is 24.3 Å². The van der Waals surface area contributed by atoms with Gasteiger partial charge in [0.2, 0.25) is 0 Å². The van der Waals surface area contributed by atoms with Crippen molar-refractivity contribution in [1.82, 2.24) is 14.8 Å². The Morgan fingerprint density at radius 2 is 2.00 bits per heavy atom. The summed E-state index contributed by atoms with van der Waals surface area (Å²) in [6.07, 6.45) is 5.94. The molecule has 21 heavy (non-hydrogen) atoms. The van der Waals surface area contributed by atoms with E-state index in [1.165, 1.54) is 55.4 Å². The van der Waals surface area contributed by atoms with Crippen LogP contribution in [0.25, 0.3) is 10.9 Å². The van der Waals surface area contributed by atoms with Crippen LogP contribution in [0, 0.1) is 0 Å². The molecule has 0 bridgehead atoms. The molecule has 3 aliphatic rings. The molecule has 2 unspecified atom stereocenters. The lowest BCUT2D eigenvalue weighted by Crippen LogP contribution is -2.41. The molecule has 3 atom stereocenters. The second-order valence-electron chi connectivity index (χ2n) is 6.93. The van der Waals surface area contributed by atoms with Crippen molar-refractivity contribution in [2.24, 2.45) is 0 Å². The van der Waals surface area contributed by atoms with E-state index in [4.69, 9.17) is 0 Å². The van der Waals surface area contributed by atoms with Crippen LogP contribution in [0.5, 0.6) is 0 Å². The topological polar surface area (TPSA) is 22.3 Å². The molecule has 0 amide bonds. The van der Waals surface area contributed by atoms with Crippen LogP contribution in [0.3, 0.4) is 0 Å². The third-order valence-electron chi connectivity index (χ3n) is 6.04. The Labute approximate surface area is 125 Å². The van der Waals surface area contributed by atoms with Gasteiger partial charge in [0, 0.05) is 35.7 Å². The minimum absolute atomic E-state index is 0.594. The third-order valence-corrected chi connectivity index (χ3v) is 6.04. The van der Waals surface area contributed by atoms with Crippen molar-refractivity contribution in [3.05, 3.63) is 35.5 Å². The molecule has 4 heterocycles. The summed E-state index contributed by atoms with van der Waals surface area (Å²) in [6, 6.07) is 10.2. The van der Waals surface area contributed by atoms with Gasteiger partial charge in [-0.15, -0.1) is 0 Å². The van der Waals surface area contributed by atoms with Crippen LogP contribution in [-0.4, -0.2) is 40.1 Å². The van der Waals surface area contributed by atoms with E-state index in [9.17, 15) is 0 Å². The number of fused-ring (bicyclic) bond motifs is 7. The number of aromatic amines is 1. The molecule has 3 nitrogen and oxygen atoms in total. The second kappa shape index (κ2) is 4.34. The van der Waals surface area contributed by atoms with Gasteiger partial charge in [-0.05, 0) is 37.8 Å². The highest BCUT2D eigenvalue weighted by molar-refractivity contribution is 5.85. The molecular formula is C18H23N3. The van der Waals surface area contributed by atoms with Gasteiger partial charge < -0.3 is 4.98 Å². The van der Waals surface area contributed by atoms with E-state index >= 15 is 0 Å². The average Bonchev–Trinajstić information content (AvgIpc) is 3.04. The van der Waals surface area contributed by atoms with Gasteiger partial charge in [-0.2, -0.15) is 0 Å². The van der Waals surface area contributed by atoms with E-state index in [0.29, 0.717) is 12.2 Å². The maximum atomic E-state index is 3.77. The number of H-pyrrole nitrogens is 1. The first-order valence-corrected chi connectivity index (χ1v) is 8.45. The average molecular weight is 281 g/mol. The van der Waals surface area contributed by atoms with E-state index in [1.54, 1.807) is 5.56 Å². The van der Waals surface area contributed by atoms with Gasteiger partial charge in [0.25, 0.3) is 0 Å². The molecule has 3 aliphatic heterocycles. The van der Waals surface area contributed by atoms with Gasteiger partial charge in [-0.1, -0.05) is 24.6 Å².